The summed E-state index contributed by atoms with van der Waals surface area (Å²) in [6.45, 7) is 11.8. The van der Waals surface area contributed by atoms with Gasteiger partial charge in [-0.3, -0.25) is 9.69 Å². The number of ether oxygens (including phenoxy) is 3. The standard InChI is InChI=1S/C26H39N3O6/c1-5-33-24(31)19-34-22-8-6-21(7-9-22)29-17-16-27(18-23(29)30)13-10-20-11-14-28(15-12-20)25(32)35-26(2,3)4/h6-9,20H,5,10-19H2,1-4H3. The summed E-state index contributed by atoms with van der Waals surface area (Å²) in [5.41, 5.74) is 0.357. The zero-order valence-corrected chi connectivity index (χ0v) is 21.5. The molecule has 35 heavy (non-hydrogen) atoms. The SMILES string of the molecule is CCOC(=O)COc1ccc(N2CCN(CCC3CCN(C(=O)OC(C)(C)C)CC3)CC2=O)cc1. The van der Waals surface area contributed by atoms with Crippen LogP contribution in [0.1, 0.15) is 47.0 Å². The minimum atomic E-state index is -0.470. The van der Waals surface area contributed by atoms with E-state index in [-0.39, 0.29) is 18.6 Å². The second-order valence-corrected chi connectivity index (χ2v) is 10.1. The van der Waals surface area contributed by atoms with E-state index in [9.17, 15) is 14.4 Å². The third-order valence-corrected chi connectivity index (χ3v) is 6.23. The molecule has 0 N–H and O–H groups in total. The number of hydrogen-bond donors (Lipinski definition) is 0. The topological polar surface area (TPSA) is 88.6 Å². The van der Waals surface area contributed by atoms with E-state index in [1.807, 2.05) is 32.9 Å². The first-order chi connectivity index (χ1) is 16.6. The van der Waals surface area contributed by atoms with Crippen molar-refractivity contribution in [2.45, 2.75) is 52.6 Å². The first-order valence-corrected chi connectivity index (χ1v) is 12.5. The van der Waals surface area contributed by atoms with Gasteiger partial charge < -0.3 is 24.0 Å². The number of anilines is 1. The third-order valence-electron chi connectivity index (χ3n) is 6.23. The summed E-state index contributed by atoms with van der Waals surface area (Å²) in [6, 6.07) is 7.20. The Morgan fingerprint density at radius 2 is 1.71 bits per heavy atom. The molecular formula is C26H39N3O6. The Kier molecular flexibility index (Phi) is 9.37. The molecule has 3 rings (SSSR count). The molecule has 2 saturated heterocycles. The average Bonchev–Trinajstić information content (AvgIpc) is 2.81. The maximum atomic E-state index is 12.8. The van der Waals surface area contributed by atoms with Gasteiger partial charge in [-0.05, 0) is 83.7 Å². The van der Waals surface area contributed by atoms with E-state index in [0.717, 1.165) is 51.1 Å². The highest BCUT2D eigenvalue weighted by atomic mass is 16.6. The van der Waals surface area contributed by atoms with Gasteiger partial charge in [-0.25, -0.2) is 9.59 Å². The Morgan fingerprint density at radius 1 is 1.03 bits per heavy atom. The second-order valence-electron chi connectivity index (χ2n) is 10.1. The zero-order valence-electron chi connectivity index (χ0n) is 21.5. The van der Waals surface area contributed by atoms with Crippen LogP contribution in [0.15, 0.2) is 24.3 Å². The highest BCUT2D eigenvalue weighted by Crippen LogP contribution is 2.24. The average molecular weight is 490 g/mol. The van der Waals surface area contributed by atoms with E-state index >= 15 is 0 Å². The van der Waals surface area contributed by atoms with E-state index in [1.54, 1.807) is 28.9 Å². The summed E-state index contributed by atoms with van der Waals surface area (Å²) in [6.07, 6.45) is 2.74. The number of piperazine rings is 1. The number of rotatable bonds is 8. The summed E-state index contributed by atoms with van der Waals surface area (Å²) in [4.78, 5) is 42.3. The number of carbonyl (C=O) groups is 3. The number of piperidine rings is 1. The van der Waals surface area contributed by atoms with Crippen LogP contribution in [-0.2, 0) is 19.1 Å². The van der Waals surface area contributed by atoms with E-state index in [0.29, 0.717) is 31.4 Å². The molecule has 1 aromatic carbocycles. The molecule has 2 fully saturated rings. The Labute approximate surface area is 208 Å². The van der Waals surface area contributed by atoms with E-state index in [4.69, 9.17) is 14.2 Å². The normalized spacial score (nSPS) is 17.9. The van der Waals surface area contributed by atoms with Gasteiger partial charge in [-0.2, -0.15) is 0 Å². The fourth-order valence-corrected chi connectivity index (χ4v) is 4.35. The van der Waals surface area contributed by atoms with Crippen LogP contribution in [0.3, 0.4) is 0 Å². The van der Waals surface area contributed by atoms with Gasteiger partial charge in [-0.1, -0.05) is 0 Å². The Morgan fingerprint density at radius 3 is 2.31 bits per heavy atom. The van der Waals surface area contributed by atoms with Crippen molar-refractivity contribution < 1.29 is 28.6 Å². The van der Waals surface area contributed by atoms with Crippen molar-refractivity contribution >= 4 is 23.7 Å². The summed E-state index contributed by atoms with van der Waals surface area (Å²) in [7, 11) is 0. The molecule has 9 heteroatoms. The van der Waals surface area contributed by atoms with Crippen LogP contribution in [0.25, 0.3) is 0 Å². The predicted molar refractivity (Wildman–Crippen MR) is 133 cm³/mol. The van der Waals surface area contributed by atoms with Crippen molar-refractivity contribution in [1.29, 1.82) is 0 Å². The number of hydrogen-bond acceptors (Lipinski definition) is 7. The number of nitrogens with zero attached hydrogens (tertiary/aromatic N) is 3. The molecule has 0 saturated carbocycles. The minimum Gasteiger partial charge on any atom is -0.482 e. The molecule has 0 spiro atoms. The molecule has 0 radical (unpaired) electrons. The fourth-order valence-electron chi connectivity index (χ4n) is 4.35. The van der Waals surface area contributed by atoms with E-state index < -0.39 is 11.6 Å². The zero-order chi connectivity index (χ0) is 25.4. The first kappa shape index (κ1) is 26.8. The molecule has 0 bridgehead atoms. The largest absolute Gasteiger partial charge is 0.482 e. The van der Waals surface area contributed by atoms with Crippen molar-refractivity contribution in [3.8, 4) is 5.75 Å². The number of esters is 1. The third kappa shape index (κ3) is 8.42. The van der Waals surface area contributed by atoms with Crippen molar-refractivity contribution in [3.05, 3.63) is 24.3 Å². The number of carbonyl (C=O) groups excluding carboxylic acids is 3. The molecule has 0 aliphatic carbocycles. The first-order valence-electron chi connectivity index (χ1n) is 12.5. The number of benzene rings is 1. The number of likely N-dealkylation sites (tertiary alicyclic amines) is 1. The summed E-state index contributed by atoms with van der Waals surface area (Å²) in [5.74, 6) is 0.794. The highest BCUT2D eigenvalue weighted by Gasteiger charge is 2.29. The van der Waals surface area contributed by atoms with Gasteiger partial charge in [0, 0.05) is 31.9 Å². The van der Waals surface area contributed by atoms with Crippen LogP contribution in [0.2, 0.25) is 0 Å². The van der Waals surface area contributed by atoms with Crippen LogP contribution >= 0.6 is 0 Å². The van der Waals surface area contributed by atoms with Crippen molar-refractivity contribution in [1.82, 2.24) is 9.80 Å². The molecule has 1 aromatic rings. The van der Waals surface area contributed by atoms with Gasteiger partial charge in [0.1, 0.15) is 11.4 Å². The van der Waals surface area contributed by atoms with Crippen LogP contribution in [0, 0.1) is 5.92 Å². The Hall–Kier alpha value is -2.81. The van der Waals surface area contributed by atoms with Gasteiger partial charge in [0.2, 0.25) is 5.91 Å². The molecule has 2 heterocycles. The minimum absolute atomic E-state index is 0.0798. The smallest absolute Gasteiger partial charge is 0.410 e. The molecule has 0 atom stereocenters. The maximum Gasteiger partial charge on any atom is 0.410 e. The lowest BCUT2D eigenvalue weighted by atomic mass is 9.93. The lowest BCUT2D eigenvalue weighted by Gasteiger charge is -2.36. The molecule has 2 amide bonds. The summed E-state index contributed by atoms with van der Waals surface area (Å²) in [5, 5.41) is 0. The summed E-state index contributed by atoms with van der Waals surface area (Å²) >= 11 is 0. The van der Waals surface area contributed by atoms with Gasteiger partial charge in [-0.15, -0.1) is 0 Å². The van der Waals surface area contributed by atoms with Gasteiger partial charge in [0.25, 0.3) is 0 Å². The second kappa shape index (κ2) is 12.2. The summed E-state index contributed by atoms with van der Waals surface area (Å²) < 4.78 is 15.7. The lowest BCUT2D eigenvalue weighted by Crippen LogP contribution is -2.51. The van der Waals surface area contributed by atoms with Crippen molar-refractivity contribution in [2.75, 3.05) is 57.4 Å². The monoisotopic (exact) mass is 489 g/mol. The van der Waals surface area contributed by atoms with Crippen LogP contribution < -0.4 is 9.64 Å². The Bertz CT molecular complexity index is 859. The van der Waals surface area contributed by atoms with Crippen molar-refractivity contribution in [2.24, 2.45) is 5.92 Å². The van der Waals surface area contributed by atoms with E-state index in [2.05, 4.69) is 4.90 Å². The molecule has 9 nitrogen and oxygen atoms in total. The van der Waals surface area contributed by atoms with Crippen LogP contribution in [-0.4, -0.2) is 85.9 Å². The maximum absolute atomic E-state index is 12.8. The highest BCUT2D eigenvalue weighted by molar-refractivity contribution is 5.95. The molecule has 2 aliphatic heterocycles. The Balaban J connectivity index is 1.38. The van der Waals surface area contributed by atoms with Gasteiger partial charge >= 0.3 is 12.1 Å². The molecule has 0 unspecified atom stereocenters. The molecule has 2 aliphatic rings. The van der Waals surface area contributed by atoms with E-state index in [1.165, 1.54) is 0 Å². The van der Waals surface area contributed by atoms with Gasteiger partial charge in [0.05, 0.1) is 13.2 Å². The predicted octanol–water partition coefficient (Wildman–Crippen LogP) is 3.31. The lowest BCUT2D eigenvalue weighted by molar-refractivity contribution is -0.145. The quantitative estimate of drug-likeness (QED) is 0.518. The van der Waals surface area contributed by atoms with Crippen molar-refractivity contribution in [3.63, 3.8) is 0 Å². The van der Waals surface area contributed by atoms with Crippen LogP contribution in [0.4, 0.5) is 10.5 Å². The van der Waals surface area contributed by atoms with Crippen LogP contribution in [0.5, 0.6) is 5.75 Å². The molecule has 194 valence electrons. The molecule has 0 aromatic heterocycles. The van der Waals surface area contributed by atoms with Gasteiger partial charge in [0.15, 0.2) is 6.61 Å². The number of amides is 2. The molecular weight excluding hydrogens is 450 g/mol. The fraction of sp³-hybridized carbons (Fsp3) is 0.654.